The summed E-state index contributed by atoms with van der Waals surface area (Å²) in [6.45, 7) is 5.81. The average molecular weight is 298 g/mol. The van der Waals surface area contributed by atoms with E-state index in [1.54, 1.807) is 0 Å². The van der Waals surface area contributed by atoms with E-state index in [4.69, 9.17) is 5.11 Å². The molecule has 1 saturated heterocycles. The zero-order valence-electron chi connectivity index (χ0n) is 12.5. The molecule has 1 heterocycles. The Morgan fingerprint density at radius 2 is 1.95 bits per heavy atom. The Bertz CT molecular complexity index is 365. The molecule has 7 nitrogen and oxygen atoms in total. The number of piperazine rings is 1. The maximum absolute atomic E-state index is 11.8. The largest absolute Gasteiger partial charge is 0.481 e. The second-order valence-corrected chi connectivity index (χ2v) is 6.03. The minimum atomic E-state index is -0.853. The second kappa shape index (κ2) is 7.61. The van der Waals surface area contributed by atoms with Gasteiger partial charge in [-0.05, 0) is 32.2 Å². The van der Waals surface area contributed by atoms with E-state index in [2.05, 4.69) is 20.9 Å². The average Bonchev–Trinajstić information content (AvgIpc) is 2.42. The number of rotatable bonds is 7. The number of hydrogen-bond acceptors (Lipinski definition) is 4. The Balaban J connectivity index is 1.59. The fourth-order valence-electron chi connectivity index (χ4n) is 2.96. The first-order valence-corrected chi connectivity index (χ1v) is 7.81. The summed E-state index contributed by atoms with van der Waals surface area (Å²) in [5.41, 5.74) is -0.519. The Labute approximate surface area is 125 Å². The fraction of sp³-hybridized carbons (Fsp3) is 0.857. The number of aliphatic carboxylic acids is 1. The summed E-state index contributed by atoms with van der Waals surface area (Å²) in [5.74, 6) is -0.853. The van der Waals surface area contributed by atoms with Crippen LogP contribution in [0.25, 0.3) is 0 Å². The van der Waals surface area contributed by atoms with Crippen molar-refractivity contribution in [3.63, 3.8) is 0 Å². The molecule has 0 radical (unpaired) electrons. The predicted octanol–water partition coefficient (Wildman–Crippen LogP) is -0.0217. The van der Waals surface area contributed by atoms with Crippen LogP contribution in [0, 0.1) is 0 Å². The van der Waals surface area contributed by atoms with Gasteiger partial charge in [0.05, 0.1) is 12.0 Å². The van der Waals surface area contributed by atoms with Gasteiger partial charge in [-0.1, -0.05) is 0 Å². The summed E-state index contributed by atoms with van der Waals surface area (Å²) in [6, 6.07) is -0.240. The Morgan fingerprint density at radius 1 is 1.24 bits per heavy atom. The van der Waals surface area contributed by atoms with Crippen molar-refractivity contribution in [2.24, 2.45) is 0 Å². The quantitative estimate of drug-likeness (QED) is 0.496. The maximum Gasteiger partial charge on any atom is 0.315 e. The molecule has 120 valence electrons. The van der Waals surface area contributed by atoms with E-state index in [9.17, 15) is 9.59 Å². The van der Waals surface area contributed by atoms with Gasteiger partial charge in [-0.2, -0.15) is 0 Å². The summed E-state index contributed by atoms with van der Waals surface area (Å²) < 4.78 is 0. The van der Waals surface area contributed by atoms with Crippen molar-refractivity contribution in [2.75, 3.05) is 39.3 Å². The number of amides is 2. The highest BCUT2D eigenvalue weighted by atomic mass is 16.4. The molecule has 2 fully saturated rings. The number of carboxylic acid groups (broad SMARTS) is 1. The lowest BCUT2D eigenvalue weighted by Gasteiger charge is -2.41. The van der Waals surface area contributed by atoms with E-state index in [0.29, 0.717) is 6.54 Å². The third-order valence-corrected chi connectivity index (χ3v) is 4.33. The Morgan fingerprint density at radius 3 is 2.52 bits per heavy atom. The molecule has 2 rings (SSSR count). The van der Waals surface area contributed by atoms with Gasteiger partial charge in [0.25, 0.3) is 0 Å². The third-order valence-electron chi connectivity index (χ3n) is 4.33. The molecular weight excluding hydrogens is 272 g/mol. The van der Waals surface area contributed by atoms with Crippen LogP contribution in [0.2, 0.25) is 0 Å². The molecule has 1 aliphatic carbocycles. The first-order valence-electron chi connectivity index (χ1n) is 7.81. The van der Waals surface area contributed by atoms with E-state index >= 15 is 0 Å². The molecule has 1 saturated carbocycles. The topological polar surface area (TPSA) is 93.7 Å². The highest BCUT2D eigenvalue weighted by molar-refractivity contribution is 5.77. The van der Waals surface area contributed by atoms with Crippen LogP contribution in [-0.2, 0) is 4.79 Å². The van der Waals surface area contributed by atoms with Crippen LogP contribution in [0.15, 0.2) is 0 Å². The number of nitrogens with one attached hydrogen (secondary N) is 3. The van der Waals surface area contributed by atoms with E-state index in [0.717, 1.165) is 58.4 Å². The number of nitrogens with zero attached hydrogens (tertiary/aromatic N) is 1. The number of carbonyl (C=O) groups excluding carboxylic acids is 1. The van der Waals surface area contributed by atoms with Gasteiger partial charge in [-0.25, -0.2) is 4.79 Å². The van der Waals surface area contributed by atoms with Gasteiger partial charge in [0.2, 0.25) is 0 Å². The zero-order valence-corrected chi connectivity index (χ0v) is 12.5. The van der Waals surface area contributed by atoms with Crippen LogP contribution in [0.4, 0.5) is 4.79 Å². The Kier molecular flexibility index (Phi) is 5.81. The molecule has 0 bridgehead atoms. The number of hydrogen-bond donors (Lipinski definition) is 4. The monoisotopic (exact) mass is 298 g/mol. The molecule has 1 aliphatic heterocycles. The van der Waals surface area contributed by atoms with Gasteiger partial charge in [0, 0.05) is 32.7 Å². The van der Waals surface area contributed by atoms with Gasteiger partial charge >= 0.3 is 12.0 Å². The SMILES string of the molecule is O=C(O)CC1(NC(=O)NCCCN2CCNCC2)CCC1. The van der Waals surface area contributed by atoms with E-state index in [1.165, 1.54) is 0 Å². The molecule has 2 amide bonds. The molecular formula is C14H26N4O3. The van der Waals surface area contributed by atoms with Gasteiger partial charge in [0.15, 0.2) is 0 Å². The standard InChI is InChI=1S/C14H26N4O3/c19-12(20)11-14(3-1-4-14)17-13(21)16-5-2-8-18-9-6-15-7-10-18/h15H,1-11H2,(H,19,20)(H2,16,17,21). The maximum atomic E-state index is 11.8. The smallest absolute Gasteiger partial charge is 0.315 e. The molecule has 2 aliphatic rings. The number of carbonyl (C=O) groups is 2. The first kappa shape index (κ1) is 16.0. The first-order chi connectivity index (χ1) is 10.1. The van der Waals surface area contributed by atoms with Crippen molar-refractivity contribution in [1.82, 2.24) is 20.9 Å². The van der Waals surface area contributed by atoms with Crippen LogP contribution >= 0.6 is 0 Å². The lowest BCUT2D eigenvalue weighted by atomic mass is 9.74. The number of carboxylic acids is 1. The molecule has 0 aromatic carbocycles. The van der Waals surface area contributed by atoms with E-state index in [1.807, 2.05) is 0 Å². The molecule has 0 aromatic rings. The van der Waals surface area contributed by atoms with Gasteiger partial charge in [0.1, 0.15) is 0 Å². The van der Waals surface area contributed by atoms with Gasteiger partial charge < -0.3 is 26.0 Å². The molecule has 0 unspecified atom stereocenters. The predicted molar refractivity (Wildman–Crippen MR) is 79.3 cm³/mol. The van der Waals surface area contributed by atoms with Gasteiger partial charge in [-0.3, -0.25) is 4.79 Å². The fourth-order valence-corrected chi connectivity index (χ4v) is 2.96. The van der Waals surface area contributed by atoms with Crippen LogP contribution < -0.4 is 16.0 Å². The summed E-state index contributed by atoms with van der Waals surface area (Å²) in [4.78, 5) is 25.1. The molecule has 0 aromatic heterocycles. The summed E-state index contributed by atoms with van der Waals surface area (Å²) >= 11 is 0. The van der Waals surface area contributed by atoms with Crippen LogP contribution in [-0.4, -0.2) is 66.8 Å². The molecule has 7 heteroatoms. The normalized spacial score (nSPS) is 21.3. The lowest BCUT2D eigenvalue weighted by Crippen LogP contribution is -2.57. The summed E-state index contributed by atoms with van der Waals surface area (Å²) in [5, 5.41) is 17.9. The van der Waals surface area contributed by atoms with Crippen LogP contribution in [0.5, 0.6) is 0 Å². The Hall–Kier alpha value is -1.34. The van der Waals surface area contributed by atoms with Crippen LogP contribution in [0.3, 0.4) is 0 Å². The number of urea groups is 1. The minimum absolute atomic E-state index is 0.0151. The van der Waals surface area contributed by atoms with Crippen molar-refractivity contribution in [1.29, 1.82) is 0 Å². The molecule has 0 atom stereocenters. The third kappa shape index (κ3) is 5.17. The summed E-state index contributed by atoms with van der Waals surface area (Å²) in [6.07, 6.45) is 3.43. The van der Waals surface area contributed by atoms with Crippen molar-refractivity contribution in [3.8, 4) is 0 Å². The molecule has 4 N–H and O–H groups in total. The highest BCUT2D eigenvalue weighted by Gasteiger charge is 2.40. The van der Waals surface area contributed by atoms with E-state index in [-0.39, 0.29) is 12.5 Å². The van der Waals surface area contributed by atoms with Crippen molar-refractivity contribution >= 4 is 12.0 Å². The van der Waals surface area contributed by atoms with Crippen LogP contribution in [0.1, 0.15) is 32.1 Å². The van der Waals surface area contributed by atoms with Crippen molar-refractivity contribution < 1.29 is 14.7 Å². The van der Waals surface area contributed by atoms with Crippen molar-refractivity contribution in [2.45, 2.75) is 37.6 Å². The highest BCUT2D eigenvalue weighted by Crippen LogP contribution is 2.34. The second-order valence-electron chi connectivity index (χ2n) is 6.03. The lowest BCUT2D eigenvalue weighted by molar-refractivity contribution is -0.139. The molecule has 21 heavy (non-hydrogen) atoms. The van der Waals surface area contributed by atoms with Gasteiger partial charge in [-0.15, -0.1) is 0 Å². The molecule has 0 spiro atoms. The minimum Gasteiger partial charge on any atom is -0.481 e. The van der Waals surface area contributed by atoms with E-state index < -0.39 is 11.5 Å². The summed E-state index contributed by atoms with van der Waals surface area (Å²) in [7, 11) is 0. The zero-order chi connectivity index (χ0) is 15.1. The van der Waals surface area contributed by atoms with Crippen molar-refractivity contribution in [3.05, 3.63) is 0 Å².